The molecule has 0 heterocycles. The molecular formula is C9H13NO. The number of hydrogen-bond donors (Lipinski definition) is 1. The third-order valence-corrected chi connectivity index (χ3v) is 1.45. The molecule has 0 aliphatic heterocycles. The minimum absolute atomic E-state index is 0. The van der Waals surface area contributed by atoms with E-state index in [0.29, 0.717) is 0 Å². The van der Waals surface area contributed by atoms with Crippen molar-refractivity contribution in [1.29, 1.82) is 0 Å². The van der Waals surface area contributed by atoms with Gasteiger partial charge in [0.25, 0.3) is 0 Å². The van der Waals surface area contributed by atoms with E-state index in [9.17, 15) is 4.79 Å². The van der Waals surface area contributed by atoms with E-state index in [4.69, 9.17) is 0 Å². The Bertz CT molecular complexity index is 231. The van der Waals surface area contributed by atoms with Crippen molar-refractivity contribution in [2.24, 2.45) is 0 Å². The fourth-order valence-electron chi connectivity index (χ4n) is 0.899. The molecule has 0 aromatic heterocycles. The van der Waals surface area contributed by atoms with E-state index in [1.807, 2.05) is 18.2 Å². The molecule has 1 rings (SSSR count). The van der Waals surface area contributed by atoms with Gasteiger partial charge in [-0.05, 0) is 25.0 Å². The molecule has 60 valence electrons. The summed E-state index contributed by atoms with van der Waals surface area (Å²) in [6.45, 7) is 3.36. The maximum Gasteiger partial charge on any atom is 0.247 e. The molecule has 0 bridgehead atoms. The van der Waals surface area contributed by atoms with Crippen LogP contribution in [0.15, 0.2) is 36.6 Å². The molecule has 11 heavy (non-hydrogen) atoms. The first-order valence-electron chi connectivity index (χ1n) is 3.63. The third-order valence-electron chi connectivity index (χ3n) is 1.45. The Morgan fingerprint density at radius 1 is 1.73 bits per heavy atom. The summed E-state index contributed by atoms with van der Waals surface area (Å²) in [4.78, 5) is 10.8. The van der Waals surface area contributed by atoms with Crippen LogP contribution in [0.2, 0.25) is 0 Å². The van der Waals surface area contributed by atoms with Gasteiger partial charge in [0.2, 0.25) is 5.91 Å². The van der Waals surface area contributed by atoms with Gasteiger partial charge < -0.3 is 5.32 Å². The highest BCUT2D eigenvalue weighted by molar-refractivity contribution is 5.88. The Morgan fingerprint density at radius 2 is 2.55 bits per heavy atom. The molecule has 1 N–H and O–H groups in total. The number of carbonyl (C=O) groups excluding carboxylic acids is 1. The van der Waals surface area contributed by atoms with Crippen molar-refractivity contribution in [3.63, 3.8) is 0 Å². The topological polar surface area (TPSA) is 29.1 Å². The lowest BCUT2D eigenvalue weighted by Crippen LogP contribution is -2.19. The smallest absolute Gasteiger partial charge is 0.247 e. The summed E-state index contributed by atoms with van der Waals surface area (Å²) in [6.07, 6.45) is 9.28. The van der Waals surface area contributed by atoms with Gasteiger partial charge in [-0.15, -0.1) is 0 Å². The zero-order chi connectivity index (χ0) is 8.10. The lowest BCUT2D eigenvalue weighted by Gasteiger charge is -2.05. The van der Waals surface area contributed by atoms with Gasteiger partial charge in [-0.1, -0.05) is 18.7 Å². The van der Waals surface area contributed by atoms with Gasteiger partial charge in [0.15, 0.2) is 0 Å². The third kappa shape index (κ3) is 2.42. The normalized spacial score (nSPS) is 15.5. The van der Waals surface area contributed by atoms with E-state index in [-0.39, 0.29) is 7.33 Å². The summed E-state index contributed by atoms with van der Waals surface area (Å²) in [5, 5.41) is 2.69. The van der Waals surface area contributed by atoms with Crippen LogP contribution in [-0.2, 0) is 4.79 Å². The molecule has 1 aliphatic rings. The Kier molecular flexibility index (Phi) is 2.66. The van der Waals surface area contributed by atoms with Crippen LogP contribution >= 0.6 is 0 Å². The van der Waals surface area contributed by atoms with Crippen LogP contribution in [0.4, 0.5) is 0 Å². The highest BCUT2D eigenvalue weighted by Gasteiger charge is 1.98. The second-order valence-corrected chi connectivity index (χ2v) is 2.33. The van der Waals surface area contributed by atoms with Crippen molar-refractivity contribution in [2.75, 3.05) is 0 Å². The van der Waals surface area contributed by atoms with Gasteiger partial charge in [-0.2, -0.15) is 0 Å². The summed E-state index contributed by atoms with van der Waals surface area (Å²) in [5.74, 6) is -0.150. The molecule has 2 heteroatoms. The number of hydrogen-bond acceptors (Lipinski definition) is 1. The monoisotopic (exact) mass is 151 g/mol. The number of carbonyl (C=O) groups is 1. The molecule has 0 atom stereocenters. The van der Waals surface area contributed by atoms with Gasteiger partial charge in [0.1, 0.15) is 0 Å². The summed E-state index contributed by atoms with van der Waals surface area (Å²) < 4.78 is 0. The lowest BCUT2D eigenvalue weighted by molar-refractivity contribution is -0.115. The Hall–Kier alpha value is -1.31. The average molecular weight is 151 g/mol. The Morgan fingerprint density at radius 3 is 3.09 bits per heavy atom. The van der Waals surface area contributed by atoms with Crippen molar-refractivity contribution in [1.82, 2.24) is 5.32 Å². The molecule has 0 aromatic rings. The van der Waals surface area contributed by atoms with Crippen molar-refractivity contribution in [2.45, 2.75) is 12.8 Å². The minimum atomic E-state index is -0.150. The summed E-state index contributed by atoms with van der Waals surface area (Å²) in [5.41, 5.74) is 0.876. The number of nitrogens with one attached hydrogen (secondary N) is 1. The van der Waals surface area contributed by atoms with E-state index in [0.717, 1.165) is 18.5 Å². The van der Waals surface area contributed by atoms with Crippen LogP contribution in [0.25, 0.3) is 0 Å². The molecule has 0 radical (unpaired) electrons. The highest BCUT2D eigenvalue weighted by Crippen LogP contribution is 2.06. The molecule has 1 amide bonds. The van der Waals surface area contributed by atoms with Crippen LogP contribution < -0.4 is 5.32 Å². The predicted molar refractivity (Wildman–Crippen MR) is 46.9 cm³/mol. The second-order valence-electron chi connectivity index (χ2n) is 2.33. The summed E-state index contributed by atoms with van der Waals surface area (Å²) >= 11 is 0. The van der Waals surface area contributed by atoms with E-state index < -0.39 is 0 Å². The van der Waals surface area contributed by atoms with E-state index >= 15 is 0 Å². The van der Waals surface area contributed by atoms with Gasteiger partial charge >= 0.3 is 0 Å². The molecular weight excluding hydrogens is 138 g/mol. The molecule has 2 nitrogen and oxygen atoms in total. The van der Waals surface area contributed by atoms with Crippen LogP contribution in [0.3, 0.4) is 0 Å². The molecule has 0 aromatic carbocycles. The van der Waals surface area contributed by atoms with E-state index in [2.05, 4.69) is 11.9 Å². The molecule has 0 saturated heterocycles. The van der Waals surface area contributed by atoms with Crippen molar-refractivity contribution >= 4 is 5.91 Å². The van der Waals surface area contributed by atoms with Crippen molar-refractivity contribution in [3.8, 4) is 0 Å². The lowest BCUT2D eigenvalue weighted by atomic mass is 10.1. The molecule has 1 aliphatic carbocycles. The second kappa shape index (κ2) is 3.76. The maximum absolute atomic E-state index is 10.8. The molecule has 0 unspecified atom stereocenters. The first-order chi connectivity index (χ1) is 5.33. The molecule has 0 saturated carbocycles. The zero-order valence-corrected chi connectivity index (χ0v) is 6.34. The van der Waals surface area contributed by atoms with Crippen LogP contribution in [0.1, 0.15) is 14.3 Å². The van der Waals surface area contributed by atoms with Gasteiger partial charge in [-0.3, -0.25) is 4.79 Å². The first-order valence-corrected chi connectivity index (χ1v) is 3.63. The first kappa shape index (κ1) is 7.79. The van der Waals surface area contributed by atoms with Crippen LogP contribution in [0, 0.1) is 0 Å². The van der Waals surface area contributed by atoms with Crippen molar-refractivity contribution < 1.29 is 6.22 Å². The Labute approximate surface area is 67.8 Å². The summed E-state index contributed by atoms with van der Waals surface area (Å²) in [7, 11) is 0. The number of amides is 1. The van der Waals surface area contributed by atoms with Gasteiger partial charge in [0.05, 0.1) is 0 Å². The Balaban J connectivity index is 0.00000121. The van der Waals surface area contributed by atoms with Crippen LogP contribution in [-0.4, -0.2) is 5.91 Å². The zero-order valence-electron chi connectivity index (χ0n) is 6.34. The summed E-state index contributed by atoms with van der Waals surface area (Å²) in [6, 6.07) is 0. The number of rotatable bonds is 2. The number of allylic oxidation sites excluding steroid dienone is 3. The quantitative estimate of drug-likeness (QED) is 0.599. The van der Waals surface area contributed by atoms with Gasteiger partial charge in [0, 0.05) is 7.12 Å². The van der Waals surface area contributed by atoms with E-state index in [1.54, 1.807) is 0 Å². The molecule has 0 fully saturated rings. The van der Waals surface area contributed by atoms with E-state index in [1.165, 1.54) is 6.08 Å². The standard InChI is InChI=1S/C9H11NO.H2/c1-2-9(11)10-8-6-4-3-5-7-8;/h2,4,6-7H,1,3,5H2,(H,10,11);1H. The largest absolute Gasteiger partial charge is 0.323 e. The fraction of sp³-hybridized carbons (Fsp3) is 0.222. The van der Waals surface area contributed by atoms with Crippen molar-refractivity contribution in [3.05, 3.63) is 36.6 Å². The average Bonchev–Trinajstić information content (AvgIpc) is 2.06. The maximum atomic E-state index is 10.8. The van der Waals surface area contributed by atoms with Crippen LogP contribution in [0.5, 0.6) is 0 Å². The fourth-order valence-corrected chi connectivity index (χ4v) is 0.899. The minimum Gasteiger partial charge on any atom is -0.323 e. The predicted octanol–water partition coefficient (Wildman–Crippen LogP) is 1.77. The SMILES string of the molecule is C=CC(=O)NC1=CCCC=C1.[HH]. The van der Waals surface area contributed by atoms with Gasteiger partial charge in [-0.25, -0.2) is 0 Å². The molecule has 0 spiro atoms. The highest BCUT2D eigenvalue weighted by atomic mass is 16.1.